The van der Waals surface area contributed by atoms with Crippen LogP contribution in [0.3, 0.4) is 0 Å². The van der Waals surface area contributed by atoms with Gasteiger partial charge in [-0.25, -0.2) is 4.98 Å². The Morgan fingerprint density at radius 3 is 2.76 bits per heavy atom. The van der Waals surface area contributed by atoms with Gasteiger partial charge >= 0.3 is 6.18 Å². The fourth-order valence-corrected chi connectivity index (χ4v) is 3.34. The van der Waals surface area contributed by atoms with E-state index in [-0.39, 0.29) is 17.9 Å². The van der Waals surface area contributed by atoms with Crippen LogP contribution in [0.1, 0.15) is 31.4 Å². The molecule has 1 aliphatic carbocycles. The van der Waals surface area contributed by atoms with E-state index in [0.717, 1.165) is 42.4 Å². The van der Waals surface area contributed by atoms with Crippen LogP contribution < -0.4 is 10.2 Å². The van der Waals surface area contributed by atoms with Crippen molar-refractivity contribution >= 4 is 22.4 Å². The van der Waals surface area contributed by atoms with Crippen molar-refractivity contribution in [2.24, 2.45) is 5.92 Å². The van der Waals surface area contributed by atoms with Crippen LogP contribution in [-0.2, 0) is 11.0 Å². The van der Waals surface area contributed by atoms with Gasteiger partial charge in [0.1, 0.15) is 0 Å². The van der Waals surface area contributed by atoms with Gasteiger partial charge in [-0.2, -0.15) is 13.2 Å². The predicted octanol–water partition coefficient (Wildman–Crippen LogP) is 2.66. The van der Waals surface area contributed by atoms with Gasteiger partial charge in [0.05, 0.1) is 0 Å². The number of amides is 1. The van der Waals surface area contributed by atoms with E-state index >= 15 is 0 Å². The van der Waals surface area contributed by atoms with E-state index in [2.05, 4.69) is 10.3 Å². The Hall–Kier alpha value is -1.31. The molecule has 1 saturated carbocycles. The first-order valence-electron chi connectivity index (χ1n) is 7.01. The molecule has 8 heteroatoms. The molecule has 2 fully saturated rings. The first kappa shape index (κ1) is 14.6. The topological polar surface area (TPSA) is 45.2 Å². The zero-order valence-electron chi connectivity index (χ0n) is 11.3. The van der Waals surface area contributed by atoms with Crippen molar-refractivity contribution in [2.75, 3.05) is 18.0 Å². The van der Waals surface area contributed by atoms with Gasteiger partial charge in [0.2, 0.25) is 5.91 Å². The summed E-state index contributed by atoms with van der Waals surface area (Å²) >= 11 is 1.00. The summed E-state index contributed by atoms with van der Waals surface area (Å²) in [6.07, 6.45) is -0.791. The smallest absolute Gasteiger partial charge is 0.351 e. The second-order valence-electron chi connectivity index (χ2n) is 5.58. The maximum atomic E-state index is 12.6. The fraction of sp³-hybridized carbons (Fsp3) is 0.692. The normalized spacial score (nSPS) is 23.2. The lowest BCUT2D eigenvalue weighted by Gasteiger charge is -2.33. The number of hydrogen-bond donors (Lipinski definition) is 1. The van der Waals surface area contributed by atoms with E-state index in [0.29, 0.717) is 18.2 Å². The van der Waals surface area contributed by atoms with Crippen molar-refractivity contribution in [2.45, 2.75) is 37.9 Å². The van der Waals surface area contributed by atoms with Gasteiger partial charge in [0.25, 0.3) is 0 Å². The number of halogens is 3. The van der Waals surface area contributed by atoms with Crippen molar-refractivity contribution in [3.05, 3.63) is 11.1 Å². The summed E-state index contributed by atoms with van der Waals surface area (Å²) in [6.45, 7) is 1.21. The van der Waals surface area contributed by atoms with Crippen molar-refractivity contribution in [1.29, 1.82) is 0 Å². The lowest BCUT2D eigenvalue weighted by Crippen LogP contribution is -2.48. The maximum absolute atomic E-state index is 12.6. The van der Waals surface area contributed by atoms with Gasteiger partial charge in [-0.05, 0) is 25.7 Å². The third-order valence-electron chi connectivity index (χ3n) is 3.77. The Bertz CT molecular complexity index is 527. The predicted molar refractivity (Wildman–Crippen MR) is 73.2 cm³/mol. The van der Waals surface area contributed by atoms with E-state index in [9.17, 15) is 18.0 Å². The number of hydrogen-bond acceptors (Lipinski definition) is 4. The molecule has 4 nitrogen and oxygen atoms in total. The largest absolute Gasteiger partial charge is 0.434 e. The highest BCUT2D eigenvalue weighted by Gasteiger charge is 2.35. The lowest BCUT2D eigenvalue weighted by atomic mass is 10.1. The molecular weight excluding hydrogens is 303 g/mol. The zero-order chi connectivity index (χ0) is 15.0. The van der Waals surface area contributed by atoms with E-state index < -0.39 is 11.9 Å². The number of nitrogens with one attached hydrogen (secondary N) is 1. The fourth-order valence-electron chi connectivity index (χ4n) is 2.47. The van der Waals surface area contributed by atoms with Crippen LogP contribution in [0.5, 0.6) is 0 Å². The molecule has 1 atom stereocenters. The van der Waals surface area contributed by atoms with E-state index in [1.165, 1.54) is 0 Å². The third kappa shape index (κ3) is 3.48. The number of rotatable bonds is 3. The van der Waals surface area contributed by atoms with Crippen LogP contribution in [0.25, 0.3) is 0 Å². The molecule has 2 aliphatic rings. The molecule has 0 aromatic carbocycles. The van der Waals surface area contributed by atoms with E-state index in [1.54, 1.807) is 0 Å². The highest BCUT2D eigenvalue weighted by atomic mass is 32.1. The van der Waals surface area contributed by atoms with Crippen LogP contribution in [0.15, 0.2) is 5.38 Å². The molecule has 0 radical (unpaired) electrons. The summed E-state index contributed by atoms with van der Waals surface area (Å²) in [5.74, 6) is 0.231. The highest BCUT2D eigenvalue weighted by molar-refractivity contribution is 7.13. The molecule has 1 N–H and O–H groups in total. The molecule has 1 unspecified atom stereocenters. The number of alkyl halides is 3. The monoisotopic (exact) mass is 319 g/mol. The quantitative estimate of drug-likeness (QED) is 0.931. The van der Waals surface area contributed by atoms with Gasteiger partial charge < -0.3 is 10.2 Å². The zero-order valence-corrected chi connectivity index (χ0v) is 12.1. The summed E-state index contributed by atoms with van der Waals surface area (Å²) < 4.78 is 37.7. The summed E-state index contributed by atoms with van der Waals surface area (Å²) in [4.78, 5) is 17.3. The first-order chi connectivity index (χ1) is 9.93. The summed E-state index contributed by atoms with van der Waals surface area (Å²) in [5.41, 5.74) is -0.841. The lowest BCUT2D eigenvalue weighted by molar-refractivity contribution is -0.140. The second kappa shape index (κ2) is 5.47. The average Bonchev–Trinajstić information content (AvgIpc) is 3.14. The Morgan fingerprint density at radius 1 is 1.38 bits per heavy atom. The number of thiazole rings is 1. The van der Waals surface area contributed by atoms with Crippen LogP contribution in [0.4, 0.5) is 18.3 Å². The number of nitrogens with zero attached hydrogens (tertiary/aromatic N) is 2. The summed E-state index contributed by atoms with van der Waals surface area (Å²) in [5, 5.41) is 4.42. The average molecular weight is 319 g/mol. The van der Waals surface area contributed by atoms with E-state index in [4.69, 9.17) is 0 Å². The molecule has 3 rings (SSSR count). The SMILES string of the molecule is O=C(NC1CCCN(c2nc(C(F)(F)F)cs2)C1)C1CC1. The van der Waals surface area contributed by atoms with Crippen molar-refractivity contribution in [1.82, 2.24) is 10.3 Å². The molecule has 1 aromatic rings. The molecule has 1 aromatic heterocycles. The number of piperidine rings is 1. The summed E-state index contributed by atoms with van der Waals surface area (Å²) in [6, 6.07) is 0.00471. The minimum absolute atomic E-state index is 0.00471. The van der Waals surface area contributed by atoms with Gasteiger partial charge in [-0.1, -0.05) is 0 Å². The van der Waals surface area contributed by atoms with Crippen molar-refractivity contribution in [3.63, 3.8) is 0 Å². The van der Waals surface area contributed by atoms with Crippen molar-refractivity contribution < 1.29 is 18.0 Å². The standard InChI is InChI=1S/C13H16F3N3OS/c14-13(15,16)10-7-21-12(18-10)19-5-1-2-9(6-19)17-11(20)8-3-4-8/h7-9H,1-6H2,(H,17,20). The minimum Gasteiger partial charge on any atom is -0.351 e. The Balaban J connectivity index is 1.62. The van der Waals surface area contributed by atoms with Crippen LogP contribution in [0, 0.1) is 5.92 Å². The minimum atomic E-state index is -4.40. The molecule has 0 bridgehead atoms. The van der Waals surface area contributed by atoms with Gasteiger partial charge in [-0.3, -0.25) is 4.79 Å². The molecule has 2 heterocycles. The Labute approximate surface area is 124 Å². The highest BCUT2D eigenvalue weighted by Crippen LogP contribution is 2.34. The molecule has 21 heavy (non-hydrogen) atoms. The number of aromatic nitrogens is 1. The molecule has 1 saturated heterocycles. The number of carbonyl (C=O) groups is 1. The van der Waals surface area contributed by atoms with Gasteiger partial charge in [0, 0.05) is 30.4 Å². The third-order valence-corrected chi connectivity index (χ3v) is 4.67. The molecular formula is C13H16F3N3OS. The van der Waals surface area contributed by atoms with Gasteiger partial charge in [-0.15, -0.1) is 11.3 Å². The Morgan fingerprint density at radius 2 is 2.14 bits per heavy atom. The molecule has 116 valence electrons. The first-order valence-corrected chi connectivity index (χ1v) is 7.89. The van der Waals surface area contributed by atoms with Crippen LogP contribution >= 0.6 is 11.3 Å². The number of anilines is 1. The molecule has 1 amide bonds. The van der Waals surface area contributed by atoms with E-state index in [1.807, 2.05) is 4.90 Å². The Kier molecular flexibility index (Phi) is 3.81. The maximum Gasteiger partial charge on any atom is 0.434 e. The van der Waals surface area contributed by atoms with Crippen molar-refractivity contribution in [3.8, 4) is 0 Å². The molecule has 1 aliphatic heterocycles. The second-order valence-corrected chi connectivity index (χ2v) is 6.42. The van der Waals surface area contributed by atoms with Crippen LogP contribution in [-0.4, -0.2) is 30.0 Å². The van der Waals surface area contributed by atoms with Gasteiger partial charge in [0.15, 0.2) is 10.8 Å². The molecule has 0 spiro atoms. The van der Waals surface area contributed by atoms with Crippen LogP contribution in [0.2, 0.25) is 0 Å². The summed E-state index contributed by atoms with van der Waals surface area (Å²) in [7, 11) is 0. The number of carbonyl (C=O) groups excluding carboxylic acids is 1.